The Balaban J connectivity index is 1.42. The zero-order valence-electron chi connectivity index (χ0n) is 19.8. The highest BCUT2D eigenvalue weighted by atomic mass is 35.5. The van der Waals surface area contributed by atoms with Gasteiger partial charge in [-0.25, -0.2) is 0 Å². The minimum atomic E-state index is 0.679. The van der Waals surface area contributed by atoms with E-state index in [1.165, 1.54) is 70.7 Å². The van der Waals surface area contributed by atoms with Crippen LogP contribution in [0.25, 0.3) is 38.6 Å². The maximum atomic E-state index is 6.43. The second-order valence-corrected chi connectivity index (χ2v) is 11.5. The number of nitrogens with zero attached hydrogens (tertiary/aromatic N) is 1. The van der Waals surface area contributed by atoms with Crippen molar-refractivity contribution in [2.75, 3.05) is 0 Å². The first-order chi connectivity index (χ1) is 17.2. The van der Waals surface area contributed by atoms with Gasteiger partial charge < -0.3 is 4.57 Å². The van der Waals surface area contributed by atoms with E-state index in [4.69, 9.17) is 11.6 Å². The molecule has 1 heterocycles. The quantitative estimate of drug-likeness (QED) is 0.228. The van der Waals surface area contributed by atoms with Gasteiger partial charge in [0.05, 0.1) is 11.0 Å². The van der Waals surface area contributed by atoms with Gasteiger partial charge in [-0.3, -0.25) is 0 Å². The van der Waals surface area contributed by atoms with Crippen molar-refractivity contribution in [1.29, 1.82) is 0 Å². The molecule has 9 rings (SSSR count). The fourth-order valence-corrected chi connectivity index (χ4v) is 8.08. The summed E-state index contributed by atoms with van der Waals surface area (Å²) >= 11 is 6.43. The van der Waals surface area contributed by atoms with Crippen LogP contribution in [0.5, 0.6) is 0 Å². The van der Waals surface area contributed by atoms with Gasteiger partial charge in [0.25, 0.3) is 0 Å². The topological polar surface area (TPSA) is 4.93 Å². The summed E-state index contributed by atoms with van der Waals surface area (Å²) in [4.78, 5) is 0. The molecule has 5 aromatic rings. The van der Waals surface area contributed by atoms with E-state index in [1.807, 2.05) is 6.07 Å². The molecule has 0 radical (unpaired) electrons. The van der Waals surface area contributed by atoms with Crippen LogP contribution in [-0.4, -0.2) is 4.57 Å². The number of halogens is 1. The summed E-state index contributed by atoms with van der Waals surface area (Å²) in [6.07, 6.45) is 6.90. The average Bonchev–Trinajstić information content (AvgIpc) is 3.38. The van der Waals surface area contributed by atoms with Crippen LogP contribution in [0.4, 0.5) is 0 Å². The summed E-state index contributed by atoms with van der Waals surface area (Å²) in [6, 6.07) is 31.7. The Morgan fingerprint density at radius 2 is 1.51 bits per heavy atom. The van der Waals surface area contributed by atoms with Crippen molar-refractivity contribution in [1.82, 2.24) is 4.57 Å². The predicted octanol–water partition coefficient (Wildman–Crippen LogP) is 9.49. The van der Waals surface area contributed by atoms with Crippen LogP contribution >= 0.6 is 11.6 Å². The Morgan fingerprint density at radius 3 is 2.49 bits per heavy atom. The number of fused-ring (bicyclic) bond motifs is 4. The first-order valence-electron chi connectivity index (χ1n) is 13.2. The van der Waals surface area contributed by atoms with Crippen LogP contribution in [0.1, 0.15) is 55.1 Å². The molecule has 2 saturated carbocycles. The van der Waals surface area contributed by atoms with Crippen molar-refractivity contribution < 1.29 is 0 Å². The van der Waals surface area contributed by atoms with Crippen molar-refractivity contribution in [2.24, 2.45) is 11.8 Å². The third kappa shape index (κ3) is 2.94. The summed E-state index contributed by atoms with van der Waals surface area (Å²) in [5.74, 6) is 3.15. The molecule has 4 bridgehead atoms. The van der Waals surface area contributed by atoms with Gasteiger partial charge in [0.2, 0.25) is 0 Å². The third-order valence-corrected chi connectivity index (χ3v) is 9.55. The molecule has 4 atom stereocenters. The molecular formula is C33H28ClN. The van der Waals surface area contributed by atoms with E-state index in [2.05, 4.69) is 83.4 Å². The van der Waals surface area contributed by atoms with Crippen molar-refractivity contribution >= 4 is 33.4 Å². The number of hydrogen-bond acceptors (Lipinski definition) is 0. The van der Waals surface area contributed by atoms with Gasteiger partial charge in [-0.2, -0.15) is 0 Å². The van der Waals surface area contributed by atoms with Gasteiger partial charge in [0.1, 0.15) is 0 Å². The standard InChI is InChI=1S/C33H28ClN/c34-23-11-14-33-31(18-23)28-7-3-4-8-32(28)35(33)24-12-13-25-21-9-10-22-16-20(15-21)17-29(22)26-5-1-2-6-27(26)30(25)19-24/h1-8,11-14,18-22,29H,9-10,15-17H2. The van der Waals surface area contributed by atoms with Crippen molar-refractivity contribution in [3.05, 3.63) is 101 Å². The smallest absolute Gasteiger partial charge is 0.0542 e. The van der Waals surface area contributed by atoms with Crippen molar-refractivity contribution in [3.8, 4) is 16.8 Å². The number of benzene rings is 4. The maximum absolute atomic E-state index is 6.43. The summed E-state index contributed by atoms with van der Waals surface area (Å²) in [6.45, 7) is 0. The van der Waals surface area contributed by atoms with E-state index in [0.717, 1.165) is 22.8 Å². The molecule has 0 aliphatic heterocycles. The zero-order chi connectivity index (χ0) is 23.1. The van der Waals surface area contributed by atoms with Crippen LogP contribution < -0.4 is 0 Å². The highest BCUT2D eigenvalue weighted by Gasteiger charge is 2.41. The van der Waals surface area contributed by atoms with E-state index in [-0.39, 0.29) is 0 Å². The number of hydrogen-bond donors (Lipinski definition) is 0. The molecule has 35 heavy (non-hydrogen) atoms. The van der Waals surface area contributed by atoms with Crippen LogP contribution in [0.2, 0.25) is 5.02 Å². The molecule has 0 amide bonds. The van der Waals surface area contributed by atoms with E-state index in [0.29, 0.717) is 5.92 Å². The second-order valence-electron chi connectivity index (χ2n) is 11.1. The summed E-state index contributed by atoms with van der Waals surface area (Å²) in [5, 5.41) is 3.26. The zero-order valence-corrected chi connectivity index (χ0v) is 20.5. The number of para-hydroxylation sites is 1. The molecule has 1 aromatic heterocycles. The van der Waals surface area contributed by atoms with Gasteiger partial charge in [0.15, 0.2) is 0 Å². The summed E-state index contributed by atoms with van der Waals surface area (Å²) in [7, 11) is 0. The highest BCUT2D eigenvalue weighted by Crippen LogP contribution is 2.56. The van der Waals surface area contributed by atoms with Crippen LogP contribution in [0.15, 0.2) is 84.9 Å². The van der Waals surface area contributed by atoms with Crippen LogP contribution in [0.3, 0.4) is 0 Å². The molecule has 172 valence electrons. The number of rotatable bonds is 1. The Labute approximate surface area is 211 Å². The lowest BCUT2D eigenvalue weighted by Gasteiger charge is -2.23. The van der Waals surface area contributed by atoms with Gasteiger partial charge in [-0.05, 0) is 114 Å². The molecule has 0 spiro atoms. The normalized spacial score (nSPS) is 24.7. The lowest BCUT2D eigenvalue weighted by atomic mass is 9.82. The maximum Gasteiger partial charge on any atom is 0.0542 e. The molecule has 2 heteroatoms. The lowest BCUT2D eigenvalue weighted by Crippen LogP contribution is -2.09. The SMILES string of the molecule is Clc1ccc2c(c1)c1ccccc1n2-c1ccc2c(c1)-c1ccccc1C1CC3CC2CCC1C3. The predicted molar refractivity (Wildman–Crippen MR) is 147 cm³/mol. The fraction of sp³-hybridized carbons (Fsp3) is 0.273. The molecule has 0 saturated heterocycles. The Hall–Kier alpha value is -3.03. The monoisotopic (exact) mass is 473 g/mol. The van der Waals surface area contributed by atoms with E-state index in [9.17, 15) is 0 Å². The Bertz CT molecular complexity index is 1630. The van der Waals surface area contributed by atoms with Gasteiger partial charge in [-0.15, -0.1) is 0 Å². The molecule has 0 N–H and O–H groups in total. The minimum absolute atomic E-state index is 0.679. The molecule has 1 nitrogen and oxygen atoms in total. The second kappa shape index (κ2) is 7.48. The van der Waals surface area contributed by atoms with Gasteiger partial charge >= 0.3 is 0 Å². The third-order valence-electron chi connectivity index (χ3n) is 9.32. The highest BCUT2D eigenvalue weighted by molar-refractivity contribution is 6.32. The van der Waals surface area contributed by atoms with Crippen molar-refractivity contribution in [3.63, 3.8) is 0 Å². The molecule has 2 fully saturated rings. The first kappa shape index (κ1) is 20.2. The average molecular weight is 474 g/mol. The number of aromatic nitrogens is 1. The molecule has 4 aromatic carbocycles. The van der Waals surface area contributed by atoms with E-state index in [1.54, 1.807) is 11.1 Å². The summed E-state index contributed by atoms with van der Waals surface area (Å²) in [5.41, 5.74) is 9.78. The Kier molecular flexibility index (Phi) is 4.32. The Morgan fingerprint density at radius 1 is 0.657 bits per heavy atom. The van der Waals surface area contributed by atoms with E-state index >= 15 is 0 Å². The summed E-state index contributed by atoms with van der Waals surface area (Å²) < 4.78 is 2.43. The molecular weight excluding hydrogens is 446 g/mol. The lowest BCUT2D eigenvalue weighted by molar-refractivity contribution is 0.407. The minimum Gasteiger partial charge on any atom is -0.309 e. The van der Waals surface area contributed by atoms with Crippen LogP contribution in [0, 0.1) is 11.8 Å². The molecule has 4 aliphatic carbocycles. The van der Waals surface area contributed by atoms with Gasteiger partial charge in [-0.1, -0.05) is 60.1 Å². The van der Waals surface area contributed by atoms with Gasteiger partial charge in [0, 0.05) is 21.5 Å². The van der Waals surface area contributed by atoms with Crippen LogP contribution in [-0.2, 0) is 0 Å². The van der Waals surface area contributed by atoms with E-state index < -0.39 is 0 Å². The molecule has 4 aliphatic rings. The molecule has 4 unspecified atom stereocenters. The first-order valence-corrected chi connectivity index (χ1v) is 13.5. The largest absolute Gasteiger partial charge is 0.309 e. The van der Waals surface area contributed by atoms with Crippen molar-refractivity contribution in [2.45, 2.75) is 43.9 Å². The fourth-order valence-electron chi connectivity index (χ4n) is 7.91.